The fraction of sp³-hybridized carbons (Fsp3) is 0.100. The van der Waals surface area contributed by atoms with Crippen molar-refractivity contribution < 1.29 is 4.42 Å². The first kappa shape index (κ1) is 7.86. The maximum Gasteiger partial charge on any atom is 0.126 e. The largest absolute Gasteiger partial charge is 0.465 e. The van der Waals surface area contributed by atoms with Crippen LogP contribution in [0.25, 0.3) is 12.2 Å². The van der Waals surface area contributed by atoms with Crippen molar-refractivity contribution >= 4 is 12.2 Å². The minimum Gasteiger partial charge on any atom is -0.465 e. The summed E-state index contributed by atoms with van der Waals surface area (Å²) in [4.78, 5) is 7.18. The van der Waals surface area contributed by atoms with Gasteiger partial charge in [-0.3, -0.25) is 0 Å². The molecule has 0 unspecified atom stereocenters. The molecule has 0 saturated carbocycles. The van der Waals surface area contributed by atoms with Crippen molar-refractivity contribution in [1.82, 2.24) is 9.97 Å². The summed E-state index contributed by atoms with van der Waals surface area (Å²) in [6.45, 7) is 1.92. The number of H-pyrrole nitrogens is 1. The van der Waals surface area contributed by atoms with Gasteiger partial charge in [0.1, 0.15) is 11.6 Å². The highest BCUT2D eigenvalue weighted by Gasteiger charge is 1.91. The van der Waals surface area contributed by atoms with Gasteiger partial charge in [0.2, 0.25) is 0 Å². The van der Waals surface area contributed by atoms with E-state index in [-0.39, 0.29) is 0 Å². The Bertz CT molecular complexity index is 398. The van der Waals surface area contributed by atoms with Crippen LogP contribution in [0.4, 0.5) is 0 Å². The van der Waals surface area contributed by atoms with E-state index in [1.807, 2.05) is 31.2 Å². The van der Waals surface area contributed by atoms with Gasteiger partial charge < -0.3 is 9.40 Å². The maximum atomic E-state index is 5.14. The van der Waals surface area contributed by atoms with Crippen LogP contribution < -0.4 is 0 Å². The van der Waals surface area contributed by atoms with Gasteiger partial charge >= 0.3 is 0 Å². The Kier molecular flexibility index (Phi) is 2.00. The van der Waals surface area contributed by atoms with Gasteiger partial charge in [-0.25, -0.2) is 4.98 Å². The molecule has 0 radical (unpaired) electrons. The summed E-state index contributed by atoms with van der Waals surface area (Å²) in [5, 5.41) is 0. The molecule has 2 aromatic rings. The second-order valence-corrected chi connectivity index (χ2v) is 2.77. The van der Waals surface area contributed by atoms with Crippen LogP contribution in [-0.2, 0) is 0 Å². The third-order valence-corrected chi connectivity index (χ3v) is 1.69. The normalized spacial score (nSPS) is 11.2. The van der Waals surface area contributed by atoms with E-state index in [1.54, 1.807) is 12.5 Å². The van der Waals surface area contributed by atoms with Crippen molar-refractivity contribution in [2.45, 2.75) is 6.92 Å². The molecule has 3 heteroatoms. The Morgan fingerprint density at radius 2 is 2.38 bits per heavy atom. The van der Waals surface area contributed by atoms with Gasteiger partial charge in [-0.15, -0.1) is 0 Å². The van der Waals surface area contributed by atoms with Crippen molar-refractivity contribution in [3.05, 3.63) is 41.9 Å². The van der Waals surface area contributed by atoms with Crippen molar-refractivity contribution in [3.63, 3.8) is 0 Å². The quantitative estimate of drug-likeness (QED) is 0.759. The molecule has 2 aromatic heterocycles. The van der Waals surface area contributed by atoms with Crippen LogP contribution in [0.2, 0.25) is 0 Å². The molecule has 0 amide bonds. The highest BCUT2D eigenvalue weighted by Crippen LogP contribution is 2.06. The molecule has 2 rings (SSSR count). The van der Waals surface area contributed by atoms with Crippen LogP contribution in [0.3, 0.4) is 0 Å². The first-order valence-electron chi connectivity index (χ1n) is 4.08. The van der Waals surface area contributed by atoms with Crippen LogP contribution in [0.1, 0.15) is 17.3 Å². The summed E-state index contributed by atoms with van der Waals surface area (Å²) in [6.07, 6.45) is 7.26. The first-order valence-corrected chi connectivity index (χ1v) is 4.08. The Morgan fingerprint density at radius 3 is 3.00 bits per heavy atom. The lowest BCUT2D eigenvalue weighted by molar-refractivity contribution is 0.557. The van der Waals surface area contributed by atoms with Crippen LogP contribution >= 0.6 is 0 Å². The molecule has 0 aliphatic carbocycles. The standard InChI is InChI=1S/C10H10N2O/c1-8-11-7-9(12-8)4-5-10-3-2-6-13-10/h2-7H,1H3,(H,11,12)/b5-4+. The smallest absolute Gasteiger partial charge is 0.126 e. The molecule has 0 spiro atoms. The number of furan rings is 1. The number of hydrogen-bond donors (Lipinski definition) is 1. The average molecular weight is 174 g/mol. The zero-order valence-corrected chi connectivity index (χ0v) is 7.32. The molecule has 66 valence electrons. The molecule has 13 heavy (non-hydrogen) atoms. The SMILES string of the molecule is Cc1ncc(/C=C/c2ccco2)[nH]1. The third kappa shape index (κ3) is 1.87. The lowest BCUT2D eigenvalue weighted by Gasteiger charge is -1.83. The van der Waals surface area contributed by atoms with Crippen LogP contribution in [0.15, 0.2) is 29.0 Å². The highest BCUT2D eigenvalue weighted by molar-refractivity contribution is 5.64. The summed E-state index contributed by atoms with van der Waals surface area (Å²) in [5.41, 5.74) is 0.980. The van der Waals surface area contributed by atoms with Gasteiger partial charge in [0, 0.05) is 0 Å². The number of aryl methyl sites for hydroxylation is 1. The van der Waals surface area contributed by atoms with E-state index in [1.165, 1.54) is 0 Å². The topological polar surface area (TPSA) is 41.8 Å². The predicted molar refractivity (Wildman–Crippen MR) is 51.0 cm³/mol. The van der Waals surface area contributed by atoms with Gasteiger partial charge in [0.25, 0.3) is 0 Å². The van der Waals surface area contributed by atoms with Crippen LogP contribution in [0.5, 0.6) is 0 Å². The van der Waals surface area contributed by atoms with E-state index in [4.69, 9.17) is 4.42 Å². The highest BCUT2D eigenvalue weighted by atomic mass is 16.3. The number of nitrogens with one attached hydrogen (secondary N) is 1. The molecular formula is C10H10N2O. The molecule has 0 atom stereocenters. The molecular weight excluding hydrogens is 164 g/mol. The van der Waals surface area contributed by atoms with Gasteiger partial charge in [-0.05, 0) is 31.2 Å². The second-order valence-electron chi connectivity index (χ2n) is 2.77. The summed E-state index contributed by atoms with van der Waals surface area (Å²) >= 11 is 0. The molecule has 0 bridgehead atoms. The van der Waals surface area contributed by atoms with Crippen molar-refractivity contribution in [2.24, 2.45) is 0 Å². The van der Waals surface area contributed by atoms with Gasteiger partial charge in [-0.1, -0.05) is 0 Å². The molecule has 0 saturated heterocycles. The van der Waals surface area contributed by atoms with Gasteiger partial charge in [0.15, 0.2) is 0 Å². The fourth-order valence-electron chi connectivity index (χ4n) is 1.08. The number of imidazole rings is 1. The third-order valence-electron chi connectivity index (χ3n) is 1.69. The zero-order valence-electron chi connectivity index (χ0n) is 7.32. The minimum atomic E-state index is 0.840. The van der Waals surface area contributed by atoms with E-state index < -0.39 is 0 Å². The Labute approximate surface area is 76.1 Å². The molecule has 0 aliphatic heterocycles. The molecule has 0 aromatic carbocycles. The maximum absolute atomic E-state index is 5.14. The van der Waals surface area contributed by atoms with Gasteiger partial charge in [-0.2, -0.15) is 0 Å². The van der Waals surface area contributed by atoms with E-state index in [2.05, 4.69) is 9.97 Å². The number of aromatic amines is 1. The van der Waals surface area contributed by atoms with E-state index in [0.717, 1.165) is 17.3 Å². The summed E-state index contributed by atoms with van der Waals surface area (Å²) in [5.74, 6) is 1.76. The number of nitrogens with zero attached hydrogens (tertiary/aromatic N) is 1. The predicted octanol–water partition coefficient (Wildman–Crippen LogP) is 2.48. The molecule has 1 N–H and O–H groups in total. The van der Waals surface area contributed by atoms with E-state index in [9.17, 15) is 0 Å². The Hall–Kier alpha value is -1.77. The van der Waals surface area contributed by atoms with Gasteiger partial charge in [0.05, 0.1) is 18.2 Å². The first-order chi connectivity index (χ1) is 6.34. The summed E-state index contributed by atoms with van der Waals surface area (Å²) in [7, 11) is 0. The monoisotopic (exact) mass is 174 g/mol. The van der Waals surface area contributed by atoms with Crippen molar-refractivity contribution in [3.8, 4) is 0 Å². The van der Waals surface area contributed by atoms with Crippen LogP contribution in [0, 0.1) is 6.92 Å². The van der Waals surface area contributed by atoms with Crippen molar-refractivity contribution in [2.75, 3.05) is 0 Å². The second kappa shape index (κ2) is 3.31. The molecule has 2 heterocycles. The fourth-order valence-corrected chi connectivity index (χ4v) is 1.08. The number of aromatic nitrogens is 2. The number of rotatable bonds is 2. The summed E-state index contributed by atoms with van der Waals surface area (Å²) < 4.78 is 5.14. The number of hydrogen-bond acceptors (Lipinski definition) is 2. The Morgan fingerprint density at radius 1 is 1.46 bits per heavy atom. The molecule has 3 nitrogen and oxygen atoms in total. The van der Waals surface area contributed by atoms with E-state index >= 15 is 0 Å². The van der Waals surface area contributed by atoms with Crippen molar-refractivity contribution in [1.29, 1.82) is 0 Å². The lowest BCUT2D eigenvalue weighted by atomic mass is 10.3. The zero-order chi connectivity index (χ0) is 9.10. The lowest BCUT2D eigenvalue weighted by Crippen LogP contribution is -1.72. The molecule has 0 fully saturated rings. The molecule has 0 aliphatic rings. The summed E-state index contributed by atoms with van der Waals surface area (Å²) in [6, 6.07) is 3.76. The average Bonchev–Trinajstić information content (AvgIpc) is 2.71. The van der Waals surface area contributed by atoms with E-state index in [0.29, 0.717) is 0 Å². The van der Waals surface area contributed by atoms with Crippen LogP contribution in [-0.4, -0.2) is 9.97 Å². The Balaban J connectivity index is 2.14. The minimum absolute atomic E-state index is 0.840.